The van der Waals surface area contributed by atoms with Crippen LogP contribution >= 0.6 is 27.5 Å². The van der Waals surface area contributed by atoms with Crippen molar-refractivity contribution in [2.45, 2.75) is 26.3 Å². The van der Waals surface area contributed by atoms with Crippen molar-refractivity contribution >= 4 is 27.5 Å². The molecule has 0 aromatic heterocycles. The molecule has 0 aliphatic rings. The number of ether oxygens (including phenoxy) is 1. The van der Waals surface area contributed by atoms with Gasteiger partial charge < -0.3 is 10.1 Å². The maximum Gasteiger partial charge on any atom is 0.119 e. The Kier molecular flexibility index (Phi) is 7.71. The highest BCUT2D eigenvalue weighted by Crippen LogP contribution is 2.15. The minimum Gasteiger partial charge on any atom is -0.492 e. The highest BCUT2D eigenvalue weighted by molar-refractivity contribution is 9.10. The van der Waals surface area contributed by atoms with Gasteiger partial charge in [0.25, 0.3) is 0 Å². The third-order valence-electron chi connectivity index (χ3n) is 2.82. The van der Waals surface area contributed by atoms with E-state index in [4.69, 9.17) is 16.3 Å². The second-order valence-corrected chi connectivity index (χ2v) is 5.88. The molecule has 1 atom stereocenters. The molecule has 1 unspecified atom stereocenters. The molecule has 2 nitrogen and oxygen atoms in total. The van der Waals surface area contributed by atoms with Crippen LogP contribution in [0.15, 0.2) is 28.7 Å². The van der Waals surface area contributed by atoms with Gasteiger partial charge >= 0.3 is 0 Å². The van der Waals surface area contributed by atoms with Gasteiger partial charge in [-0.15, -0.1) is 11.6 Å². The fourth-order valence-electron chi connectivity index (χ4n) is 1.73. The lowest BCUT2D eigenvalue weighted by atomic mass is 10.0. The second kappa shape index (κ2) is 8.78. The molecule has 18 heavy (non-hydrogen) atoms. The summed E-state index contributed by atoms with van der Waals surface area (Å²) in [6, 6.07) is 8.35. The molecule has 0 heterocycles. The molecule has 0 amide bonds. The highest BCUT2D eigenvalue weighted by atomic mass is 79.9. The SMILES string of the molecule is CC(C)C(CCCl)NCCOc1ccc(Br)cc1. The molecule has 0 saturated heterocycles. The first kappa shape index (κ1) is 15.8. The van der Waals surface area contributed by atoms with E-state index >= 15 is 0 Å². The van der Waals surface area contributed by atoms with Crippen molar-refractivity contribution in [3.63, 3.8) is 0 Å². The molecule has 1 aromatic carbocycles. The zero-order chi connectivity index (χ0) is 13.4. The number of nitrogens with one attached hydrogen (secondary N) is 1. The van der Waals surface area contributed by atoms with E-state index in [1.165, 1.54) is 0 Å². The summed E-state index contributed by atoms with van der Waals surface area (Å²) in [5, 5.41) is 3.48. The maximum absolute atomic E-state index is 5.79. The van der Waals surface area contributed by atoms with E-state index in [-0.39, 0.29) is 0 Å². The lowest BCUT2D eigenvalue weighted by Gasteiger charge is -2.21. The van der Waals surface area contributed by atoms with Crippen LogP contribution in [-0.2, 0) is 0 Å². The molecule has 1 N–H and O–H groups in total. The zero-order valence-corrected chi connectivity index (χ0v) is 13.3. The molecule has 102 valence electrons. The quantitative estimate of drug-likeness (QED) is 0.571. The van der Waals surface area contributed by atoms with Gasteiger partial charge in [0.15, 0.2) is 0 Å². The van der Waals surface area contributed by atoms with E-state index in [0.29, 0.717) is 24.4 Å². The number of hydrogen-bond donors (Lipinski definition) is 1. The summed E-state index contributed by atoms with van der Waals surface area (Å²) < 4.78 is 6.72. The van der Waals surface area contributed by atoms with Crippen LogP contribution in [0, 0.1) is 5.92 Å². The van der Waals surface area contributed by atoms with E-state index in [0.717, 1.165) is 23.2 Å². The number of benzene rings is 1. The predicted molar refractivity (Wildman–Crippen MR) is 81.6 cm³/mol. The summed E-state index contributed by atoms with van der Waals surface area (Å²) in [5.41, 5.74) is 0. The molecule has 0 aliphatic heterocycles. The minimum absolute atomic E-state index is 0.469. The molecule has 0 fully saturated rings. The number of halogens is 2. The van der Waals surface area contributed by atoms with Gasteiger partial charge in [0.2, 0.25) is 0 Å². The van der Waals surface area contributed by atoms with Crippen molar-refractivity contribution < 1.29 is 4.74 Å². The number of rotatable bonds is 8. The van der Waals surface area contributed by atoms with Crippen LogP contribution in [0.5, 0.6) is 5.75 Å². The first-order chi connectivity index (χ1) is 8.63. The topological polar surface area (TPSA) is 21.3 Å². The normalized spacial score (nSPS) is 12.7. The molecule has 0 saturated carbocycles. The van der Waals surface area contributed by atoms with Crippen molar-refractivity contribution in [1.29, 1.82) is 0 Å². The Morgan fingerprint density at radius 3 is 2.50 bits per heavy atom. The summed E-state index contributed by atoms with van der Waals surface area (Å²) >= 11 is 9.19. The van der Waals surface area contributed by atoms with Crippen molar-refractivity contribution in [2.75, 3.05) is 19.0 Å². The molecule has 4 heteroatoms. The molecule has 1 aromatic rings. The summed E-state index contributed by atoms with van der Waals surface area (Å²) in [7, 11) is 0. The summed E-state index contributed by atoms with van der Waals surface area (Å²) in [4.78, 5) is 0. The fraction of sp³-hybridized carbons (Fsp3) is 0.571. The van der Waals surface area contributed by atoms with E-state index < -0.39 is 0 Å². The van der Waals surface area contributed by atoms with Gasteiger partial charge in [-0.3, -0.25) is 0 Å². The van der Waals surface area contributed by atoms with Crippen molar-refractivity contribution in [3.05, 3.63) is 28.7 Å². The smallest absolute Gasteiger partial charge is 0.119 e. The Morgan fingerprint density at radius 2 is 1.94 bits per heavy atom. The minimum atomic E-state index is 0.469. The molecular weight excluding hydrogens is 314 g/mol. The van der Waals surface area contributed by atoms with Crippen LogP contribution in [-0.4, -0.2) is 25.1 Å². The number of hydrogen-bond acceptors (Lipinski definition) is 2. The predicted octanol–water partition coefficient (Wildman–Crippen LogP) is 4.07. The van der Waals surface area contributed by atoms with E-state index in [1.807, 2.05) is 24.3 Å². The Balaban J connectivity index is 2.23. The van der Waals surface area contributed by atoms with Crippen LogP contribution < -0.4 is 10.1 Å². The standard InChI is InChI=1S/C14H21BrClNO/c1-11(2)14(7-8-16)17-9-10-18-13-5-3-12(15)4-6-13/h3-6,11,14,17H,7-10H2,1-2H3. The average Bonchev–Trinajstić information content (AvgIpc) is 2.35. The molecule has 0 bridgehead atoms. The van der Waals surface area contributed by atoms with Gasteiger partial charge in [-0.25, -0.2) is 0 Å². The van der Waals surface area contributed by atoms with Crippen LogP contribution in [0.4, 0.5) is 0 Å². The Morgan fingerprint density at radius 1 is 1.28 bits per heavy atom. The summed E-state index contributed by atoms with van der Waals surface area (Å²) in [6.07, 6.45) is 0.998. The molecule has 0 radical (unpaired) electrons. The molecule has 0 spiro atoms. The van der Waals surface area contributed by atoms with Crippen molar-refractivity contribution in [2.24, 2.45) is 5.92 Å². The zero-order valence-electron chi connectivity index (χ0n) is 11.0. The van der Waals surface area contributed by atoms with Crippen LogP contribution in [0.2, 0.25) is 0 Å². The van der Waals surface area contributed by atoms with E-state index in [9.17, 15) is 0 Å². The van der Waals surface area contributed by atoms with Gasteiger partial charge in [-0.1, -0.05) is 29.8 Å². The molecule has 0 aliphatic carbocycles. The Hall–Kier alpha value is -0.250. The molecule has 1 rings (SSSR count). The largest absolute Gasteiger partial charge is 0.492 e. The van der Waals surface area contributed by atoms with Crippen LogP contribution in [0.3, 0.4) is 0 Å². The monoisotopic (exact) mass is 333 g/mol. The maximum atomic E-state index is 5.79. The summed E-state index contributed by atoms with van der Waals surface area (Å²) in [6.45, 7) is 5.93. The van der Waals surface area contributed by atoms with Gasteiger partial charge in [0, 0.05) is 22.9 Å². The van der Waals surface area contributed by atoms with Gasteiger partial charge in [-0.2, -0.15) is 0 Å². The first-order valence-electron chi connectivity index (χ1n) is 6.31. The first-order valence-corrected chi connectivity index (χ1v) is 7.64. The fourth-order valence-corrected chi connectivity index (χ4v) is 2.23. The number of alkyl halides is 1. The third kappa shape index (κ3) is 6.07. The van der Waals surface area contributed by atoms with Crippen LogP contribution in [0.25, 0.3) is 0 Å². The van der Waals surface area contributed by atoms with E-state index in [1.54, 1.807) is 0 Å². The van der Waals surface area contributed by atoms with Crippen LogP contribution in [0.1, 0.15) is 20.3 Å². The summed E-state index contributed by atoms with van der Waals surface area (Å²) in [5.74, 6) is 2.19. The average molecular weight is 335 g/mol. The second-order valence-electron chi connectivity index (χ2n) is 4.58. The van der Waals surface area contributed by atoms with Gasteiger partial charge in [0.05, 0.1) is 0 Å². The lowest BCUT2D eigenvalue weighted by Crippen LogP contribution is -2.36. The van der Waals surface area contributed by atoms with Gasteiger partial charge in [-0.05, 0) is 36.6 Å². The highest BCUT2D eigenvalue weighted by Gasteiger charge is 2.11. The third-order valence-corrected chi connectivity index (χ3v) is 3.56. The van der Waals surface area contributed by atoms with E-state index in [2.05, 4.69) is 35.1 Å². The molecular formula is C14H21BrClNO. The van der Waals surface area contributed by atoms with Crippen molar-refractivity contribution in [1.82, 2.24) is 5.32 Å². The Labute approximate surface area is 123 Å². The van der Waals surface area contributed by atoms with Crippen molar-refractivity contribution in [3.8, 4) is 5.75 Å². The lowest BCUT2D eigenvalue weighted by molar-refractivity contribution is 0.290. The van der Waals surface area contributed by atoms with Gasteiger partial charge in [0.1, 0.15) is 12.4 Å². The Bertz CT molecular complexity index is 329.